The van der Waals surface area contributed by atoms with E-state index in [1.807, 2.05) is 12.1 Å². The summed E-state index contributed by atoms with van der Waals surface area (Å²) in [5.41, 5.74) is 2.21. The summed E-state index contributed by atoms with van der Waals surface area (Å²) >= 11 is 0. The highest BCUT2D eigenvalue weighted by molar-refractivity contribution is 5.67. The number of carboxylic acids is 1. The Hall–Kier alpha value is -1.51. The molecule has 1 aliphatic rings. The van der Waals surface area contributed by atoms with E-state index in [1.165, 1.54) is 12.8 Å². The Kier molecular flexibility index (Phi) is 4.46. The first-order valence-corrected chi connectivity index (χ1v) is 7.13. The molecule has 2 rings (SSSR count). The number of aliphatic carboxylic acids is 1. The van der Waals surface area contributed by atoms with Gasteiger partial charge in [-0.25, -0.2) is 0 Å². The molecule has 1 aliphatic carbocycles. The molecular formula is C16H23NO2. The van der Waals surface area contributed by atoms with Gasteiger partial charge in [0.2, 0.25) is 0 Å². The molecule has 0 amide bonds. The second-order valence-electron chi connectivity index (χ2n) is 5.83. The number of hydrogen-bond donors (Lipinski definition) is 2. The fourth-order valence-corrected chi connectivity index (χ4v) is 2.78. The number of anilines is 1. The summed E-state index contributed by atoms with van der Waals surface area (Å²) in [6, 6.07) is 8.73. The van der Waals surface area contributed by atoms with E-state index in [9.17, 15) is 4.79 Å². The van der Waals surface area contributed by atoms with E-state index >= 15 is 0 Å². The third-order valence-electron chi connectivity index (χ3n) is 4.09. The van der Waals surface area contributed by atoms with E-state index in [-0.39, 0.29) is 6.42 Å². The molecule has 0 bridgehead atoms. The summed E-state index contributed by atoms with van der Waals surface area (Å²) in [5, 5.41) is 12.3. The summed E-state index contributed by atoms with van der Waals surface area (Å²) in [6.07, 6.45) is 3.35. The van der Waals surface area contributed by atoms with Crippen molar-refractivity contribution in [3.8, 4) is 0 Å². The Morgan fingerprint density at radius 2 is 2.21 bits per heavy atom. The van der Waals surface area contributed by atoms with Crippen LogP contribution in [0, 0.1) is 11.8 Å². The van der Waals surface area contributed by atoms with E-state index in [2.05, 4.69) is 31.3 Å². The number of aryl methyl sites for hydroxylation is 1. The van der Waals surface area contributed by atoms with Gasteiger partial charge in [-0.3, -0.25) is 4.79 Å². The zero-order valence-electron chi connectivity index (χ0n) is 11.7. The minimum absolute atomic E-state index is 0.196. The van der Waals surface area contributed by atoms with Gasteiger partial charge < -0.3 is 10.4 Å². The van der Waals surface area contributed by atoms with E-state index in [4.69, 9.17) is 5.11 Å². The van der Waals surface area contributed by atoms with E-state index < -0.39 is 5.97 Å². The quantitative estimate of drug-likeness (QED) is 0.823. The van der Waals surface area contributed by atoms with Crippen molar-refractivity contribution in [3.63, 3.8) is 0 Å². The van der Waals surface area contributed by atoms with Crippen LogP contribution in [0.4, 0.5) is 5.69 Å². The maximum absolute atomic E-state index is 10.6. The molecule has 1 aromatic rings. The minimum Gasteiger partial charge on any atom is -0.481 e. The molecule has 0 aromatic heterocycles. The number of nitrogens with one attached hydrogen (secondary N) is 1. The summed E-state index contributed by atoms with van der Waals surface area (Å²) in [6.45, 7) is 4.56. The molecule has 1 aromatic carbocycles. The average molecular weight is 261 g/mol. The Balaban J connectivity index is 1.93. The summed E-state index contributed by atoms with van der Waals surface area (Å²) in [5.74, 6) is 0.751. The van der Waals surface area contributed by atoms with E-state index in [0.29, 0.717) is 12.5 Å². The molecule has 2 unspecified atom stereocenters. The van der Waals surface area contributed by atoms with Gasteiger partial charge in [-0.2, -0.15) is 0 Å². The Morgan fingerprint density at radius 1 is 1.42 bits per heavy atom. The van der Waals surface area contributed by atoms with E-state index in [1.54, 1.807) is 0 Å². The van der Waals surface area contributed by atoms with Crippen LogP contribution in [0.2, 0.25) is 0 Å². The van der Waals surface area contributed by atoms with Gasteiger partial charge in [0.1, 0.15) is 0 Å². The molecule has 0 radical (unpaired) electrons. The maximum Gasteiger partial charge on any atom is 0.303 e. The fraction of sp³-hybridized carbons (Fsp3) is 0.562. The zero-order valence-corrected chi connectivity index (χ0v) is 11.7. The molecule has 0 saturated heterocycles. The molecule has 0 spiro atoms. The number of hydrogen-bond acceptors (Lipinski definition) is 2. The monoisotopic (exact) mass is 261 g/mol. The largest absolute Gasteiger partial charge is 0.481 e. The van der Waals surface area contributed by atoms with Crippen LogP contribution in [-0.2, 0) is 11.2 Å². The average Bonchev–Trinajstić information content (AvgIpc) is 2.32. The van der Waals surface area contributed by atoms with Crippen molar-refractivity contribution in [1.82, 2.24) is 0 Å². The molecule has 0 heterocycles. The van der Waals surface area contributed by atoms with Gasteiger partial charge in [0.05, 0.1) is 0 Å². The molecule has 19 heavy (non-hydrogen) atoms. The van der Waals surface area contributed by atoms with Crippen molar-refractivity contribution >= 4 is 11.7 Å². The Morgan fingerprint density at radius 3 is 2.79 bits per heavy atom. The summed E-state index contributed by atoms with van der Waals surface area (Å²) < 4.78 is 0. The van der Waals surface area contributed by atoms with Gasteiger partial charge in [0, 0.05) is 18.2 Å². The Bertz CT molecular complexity index is 442. The third-order valence-corrected chi connectivity index (χ3v) is 4.09. The van der Waals surface area contributed by atoms with Gasteiger partial charge in [0.25, 0.3) is 0 Å². The normalized spacial score (nSPS) is 22.1. The van der Waals surface area contributed by atoms with Crippen molar-refractivity contribution in [2.75, 3.05) is 5.32 Å². The molecule has 1 saturated carbocycles. The van der Waals surface area contributed by atoms with Gasteiger partial charge in [0.15, 0.2) is 0 Å². The second-order valence-corrected chi connectivity index (χ2v) is 5.83. The van der Waals surface area contributed by atoms with Crippen molar-refractivity contribution in [2.45, 2.75) is 45.6 Å². The molecule has 0 aliphatic heterocycles. The molecule has 2 N–H and O–H groups in total. The van der Waals surface area contributed by atoms with Crippen molar-refractivity contribution in [2.24, 2.45) is 11.8 Å². The highest BCUT2D eigenvalue weighted by Gasteiger charge is 2.32. The van der Waals surface area contributed by atoms with Crippen molar-refractivity contribution in [1.29, 1.82) is 0 Å². The van der Waals surface area contributed by atoms with Crippen LogP contribution in [0.5, 0.6) is 0 Å². The first kappa shape index (κ1) is 13.9. The first-order valence-electron chi connectivity index (χ1n) is 7.13. The van der Waals surface area contributed by atoms with Crippen molar-refractivity contribution in [3.05, 3.63) is 29.8 Å². The topological polar surface area (TPSA) is 49.3 Å². The maximum atomic E-state index is 10.6. The van der Waals surface area contributed by atoms with Crippen LogP contribution < -0.4 is 5.32 Å². The van der Waals surface area contributed by atoms with Crippen LogP contribution in [-0.4, -0.2) is 17.1 Å². The van der Waals surface area contributed by atoms with Gasteiger partial charge in [-0.05, 0) is 48.8 Å². The minimum atomic E-state index is -0.739. The van der Waals surface area contributed by atoms with Crippen LogP contribution in [0.3, 0.4) is 0 Å². The predicted octanol–water partition coefficient (Wildman–Crippen LogP) is 3.55. The number of rotatable bonds is 6. The lowest BCUT2D eigenvalue weighted by Gasteiger charge is -2.40. The van der Waals surface area contributed by atoms with Crippen molar-refractivity contribution < 1.29 is 9.90 Å². The smallest absolute Gasteiger partial charge is 0.303 e. The summed E-state index contributed by atoms with van der Waals surface area (Å²) in [4.78, 5) is 10.6. The highest BCUT2D eigenvalue weighted by Crippen LogP contribution is 2.35. The molecule has 3 heteroatoms. The Labute approximate surface area is 115 Å². The zero-order chi connectivity index (χ0) is 13.8. The molecule has 3 nitrogen and oxygen atoms in total. The number of carbonyl (C=O) groups is 1. The van der Waals surface area contributed by atoms with Gasteiger partial charge in [-0.1, -0.05) is 26.0 Å². The van der Waals surface area contributed by atoms with Gasteiger partial charge in [-0.15, -0.1) is 0 Å². The molecule has 2 atom stereocenters. The fourth-order valence-electron chi connectivity index (χ4n) is 2.78. The predicted molar refractivity (Wildman–Crippen MR) is 77.4 cm³/mol. The lowest BCUT2D eigenvalue weighted by Crippen LogP contribution is -2.41. The number of benzene rings is 1. The molecule has 104 valence electrons. The highest BCUT2D eigenvalue weighted by atomic mass is 16.4. The lowest BCUT2D eigenvalue weighted by atomic mass is 9.73. The standard InChI is InChI=1S/C16H23NO2/c1-11(2)14-7-8-15(14)17-13-5-3-4-12(10-13)6-9-16(18)19/h3-5,10-11,14-15,17H,6-9H2,1-2H3,(H,18,19). The van der Waals surface area contributed by atoms with E-state index in [0.717, 1.165) is 23.1 Å². The second kappa shape index (κ2) is 6.09. The van der Waals surface area contributed by atoms with Crippen LogP contribution in [0.1, 0.15) is 38.7 Å². The van der Waals surface area contributed by atoms with Gasteiger partial charge >= 0.3 is 5.97 Å². The first-order chi connectivity index (χ1) is 9.06. The molecular weight excluding hydrogens is 238 g/mol. The van der Waals surface area contributed by atoms with Crippen LogP contribution >= 0.6 is 0 Å². The molecule has 1 fully saturated rings. The number of carboxylic acid groups (broad SMARTS) is 1. The van der Waals surface area contributed by atoms with Crippen LogP contribution in [0.25, 0.3) is 0 Å². The SMILES string of the molecule is CC(C)C1CCC1Nc1cccc(CCC(=O)O)c1. The lowest BCUT2D eigenvalue weighted by molar-refractivity contribution is -0.136. The van der Waals surface area contributed by atoms with Crippen LogP contribution in [0.15, 0.2) is 24.3 Å². The third kappa shape index (κ3) is 3.72. The summed E-state index contributed by atoms with van der Waals surface area (Å²) in [7, 11) is 0.